The number of anilines is 2. The fourth-order valence-corrected chi connectivity index (χ4v) is 2.18. The molecule has 1 atom stereocenters. The molecule has 1 unspecified atom stereocenters. The van der Waals surface area contributed by atoms with Crippen LogP contribution in [-0.2, 0) is 0 Å². The second-order valence-corrected chi connectivity index (χ2v) is 4.71. The number of nitrogen functional groups attached to an aromatic ring is 1. The van der Waals surface area contributed by atoms with Gasteiger partial charge in [-0.25, -0.2) is 0 Å². The fourth-order valence-electron chi connectivity index (χ4n) is 2.18. The predicted molar refractivity (Wildman–Crippen MR) is 63.0 cm³/mol. The zero-order valence-corrected chi connectivity index (χ0v) is 9.33. The highest BCUT2D eigenvalue weighted by Gasteiger charge is 2.31. The van der Waals surface area contributed by atoms with E-state index in [1.165, 1.54) is 11.3 Å². The van der Waals surface area contributed by atoms with Gasteiger partial charge >= 0.3 is 0 Å². The van der Waals surface area contributed by atoms with Gasteiger partial charge in [-0.1, -0.05) is 0 Å². The molecule has 0 saturated carbocycles. The molecule has 0 aliphatic carbocycles. The van der Waals surface area contributed by atoms with Crippen LogP contribution in [0.15, 0.2) is 18.2 Å². The number of benzene rings is 1. The maximum Gasteiger partial charge on any atom is 0.0810 e. The van der Waals surface area contributed by atoms with E-state index >= 15 is 0 Å². The molecule has 3 nitrogen and oxygen atoms in total. The maximum absolute atomic E-state index is 9.91. The van der Waals surface area contributed by atoms with Gasteiger partial charge in [-0.05, 0) is 44.0 Å². The Morgan fingerprint density at radius 1 is 1.47 bits per heavy atom. The Kier molecular flexibility index (Phi) is 2.35. The van der Waals surface area contributed by atoms with Crippen LogP contribution in [-0.4, -0.2) is 23.8 Å². The summed E-state index contributed by atoms with van der Waals surface area (Å²) >= 11 is 0. The molecule has 0 radical (unpaired) electrons. The Morgan fingerprint density at radius 2 is 2.20 bits per heavy atom. The minimum Gasteiger partial charge on any atom is -0.399 e. The molecule has 0 amide bonds. The summed E-state index contributed by atoms with van der Waals surface area (Å²) in [6.07, 6.45) is 0.830. The van der Waals surface area contributed by atoms with Crippen molar-refractivity contribution in [2.24, 2.45) is 0 Å². The largest absolute Gasteiger partial charge is 0.399 e. The highest BCUT2D eigenvalue weighted by molar-refractivity contribution is 5.59. The van der Waals surface area contributed by atoms with E-state index in [9.17, 15) is 5.11 Å². The summed E-state index contributed by atoms with van der Waals surface area (Å²) in [6, 6.07) is 5.92. The Hall–Kier alpha value is -1.22. The molecule has 0 spiro atoms. The lowest BCUT2D eigenvalue weighted by Gasteiger charge is -2.22. The maximum atomic E-state index is 9.91. The SMILES string of the molecule is Cc1cc(N)ccc1N1CCC(C)(O)C1. The van der Waals surface area contributed by atoms with E-state index in [2.05, 4.69) is 11.8 Å². The van der Waals surface area contributed by atoms with E-state index in [4.69, 9.17) is 5.73 Å². The molecule has 1 saturated heterocycles. The van der Waals surface area contributed by atoms with Crippen molar-refractivity contribution in [1.82, 2.24) is 0 Å². The van der Waals surface area contributed by atoms with Gasteiger partial charge in [-0.15, -0.1) is 0 Å². The highest BCUT2D eigenvalue weighted by atomic mass is 16.3. The van der Waals surface area contributed by atoms with Crippen LogP contribution in [0.2, 0.25) is 0 Å². The van der Waals surface area contributed by atoms with Crippen LogP contribution >= 0.6 is 0 Å². The topological polar surface area (TPSA) is 49.5 Å². The van der Waals surface area contributed by atoms with Crippen molar-refractivity contribution in [3.8, 4) is 0 Å². The number of hydrogen-bond donors (Lipinski definition) is 2. The summed E-state index contributed by atoms with van der Waals surface area (Å²) in [4.78, 5) is 2.22. The normalized spacial score (nSPS) is 25.9. The van der Waals surface area contributed by atoms with Gasteiger partial charge in [0.2, 0.25) is 0 Å². The highest BCUT2D eigenvalue weighted by Crippen LogP contribution is 2.29. The van der Waals surface area contributed by atoms with Crippen molar-refractivity contribution >= 4 is 11.4 Å². The summed E-state index contributed by atoms with van der Waals surface area (Å²) in [7, 11) is 0. The molecule has 1 aromatic carbocycles. The lowest BCUT2D eigenvalue weighted by atomic mass is 10.1. The standard InChI is InChI=1S/C12H18N2O/c1-9-7-10(13)3-4-11(9)14-6-5-12(2,15)8-14/h3-4,7,15H,5-6,8,13H2,1-2H3. The molecular formula is C12H18N2O. The van der Waals surface area contributed by atoms with Gasteiger partial charge in [-0.3, -0.25) is 0 Å². The lowest BCUT2D eigenvalue weighted by molar-refractivity contribution is 0.0839. The minimum atomic E-state index is -0.548. The van der Waals surface area contributed by atoms with E-state index in [0.717, 1.165) is 18.7 Å². The monoisotopic (exact) mass is 206 g/mol. The van der Waals surface area contributed by atoms with Crippen molar-refractivity contribution in [2.75, 3.05) is 23.7 Å². The second kappa shape index (κ2) is 3.42. The third-order valence-electron chi connectivity index (χ3n) is 3.01. The number of nitrogens with zero attached hydrogens (tertiary/aromatic N) is 1. The Labute approximate surface area is 90.5 Å². The molecule has 2 rings (SSSR count). The van der Waals surface area contributed by atoms with Gasteiger partial charge in [-0.2, -0.15) is 0 Å². The molecular weight excluding hydrogens is 188 g/mol. The summed E-state index contributed by atoms with van der Waals surface area (Å²) in [5.41, 5.74) is 8.31. The van der Waals surface area contributed by atoms with Crippen molar-refractivity contribution in [2.45, 2.75) is 25.9 Å². The van der Waals surface area contributed by atoms with Crippen molar-refractivity contribution in [3.63, 3.8) is 0 Å². The number of aryl methyl sites for hydroxylation is 1. The molecule has 1 aromatic rings. The molecule has 1 aliphatic rings. The van der Waals surface area contributed by atoms with Gasteiger partial charge in [0.15, 0.2) is 0 Å². The molecule has 0 bridgehead atoms. The van der Waals surface area contributed by atoms with Gasteiger partial charge in [0.05, 0.1) is 5.60 Å². The summed E-state index contributed by atoms with van der Waals surface area (Å²) < 4.78 is 0. The zero-order chi connectivity index (χ0) is 11.1. The minimum absolute atomic E-state index is 0.548. The van der Waals surface area contributed by atoms with E-state index in [1.807, 2.05) is 25.1 Å². The molecule has 1 heterocycles. The molecule has 1 aliphatic heterocycles. The first-order chi connectivity index (χ1) is 6.98. The number of hydrogen-bond acceptors (Lipinski definition) is 3. The van der Waals surface area contributed by atoms with Crippen LogP contribution in [0.3, 0.4) is 0 Å². The predicted octanol–water partition coefficient (Wildman–Crippen LogP) is 1.54. The molecule has 15 heavy (non-hydrogen) atoms. The first-order valence-electron chi connectivity index (χ1n) is 5.31. The van der Waals surface area contributed by atoms with Crippen LogP contribution in [0.4, 0.5) is 11.4 Å². The first kappa shape index (κ1) is 10.3. The Bertz CT molecular complexity index is 374. The summed E-state index contributed by atoms with van der Waals surface area (Å²) in [6.45, 7) is 5.56. The third-order valence-corrected chi connectivity index (χ3v) is 3.01. The number of β-amino-alcohol motifs (C(OH)–C–C–N with tert-alkyl or cyclic N) is 1. The molecule has 3 heteroatoms. The van der Waals surface area contributed by atoms with Gasteiger partial charge in [0.25, 0.3) is 0 Å². The molecule has 1 fully saturated rings. The first-order valence-corrected chi connectivity index (χ1v) is 5.31. The summed E-state index contributed by atoms with van der Waals surface area (Å²) in [5.74, 6) is 0. The Balaban J connectivity index is 2.24. The molecule has 82 valence electrons. The average Bonchev–Trinajstić information content (AvgIpc) is 2.46. The summed E-state index contributed by atoms with van der Waals surface area (Å²) in [5, 5.41) is 9.91. The number of rotatable bonds is 1. The number of nitrogens with two attached hydrogens (primary N) is 1. The van der Waals surface area contributed by atoms with Crippen molar-refractivity contribution in [3.05, 3.63) is 23.8 Å². The average molecular weight is 206 g/mol. The van der Waals surface area contributed by atoms with E-state index in [0.29, 0.717) is 6.54 Å². The van der Waals surface area contributed by atoms with Crippen LogP contribution in [0, 0.1) is 6.92 Å². The molecule has 0 aromatic heterocycles. The second-order valence-electron chi connectivity index (χ2n) is 4.71. The van der Waals surface area contributed by atoms with Crippen molar-refractivity contribution < 1.29 is 5.11 Å². The Morgan fingerprint density at radius 3 is 2.73 bits per heavy atom. The van der Waals surface area contributed by atoms with Gasteiger partial charge < -0.3 is 15.7 Å². The van der Waals surface area contributed by atoms with Crippen LogP contribution in [0.1, 0.15) is 18.9 Å². The van der Waals surface area contributed by atoms with Gasteiger partial charge in [0.1, 0.15) is 0 Å². The third kappa shape index (κ3) is 2.07. The van der Waals surface area contributed by atoms with E-state index in [-0.39, 0.29) is 0 Å². The smallest absolute Gasteiger partial charge is 0.0810 e. The van der Waals surface area contributed by atoms with Crippen LogP contribution < -0.4 is 10.6 Å². The van der Waals surface area contributed by atoms with E-state index < -0.39 is 5.60 Å². The van der Waals surface area contributed by atoms with E-state index in [1.54, 1.807) is 0 Å². The molecule has 3 N–H and O–H groups in total. The van der Waals surface area contributed by atoms with Crippen LogP contribution in [0.5, 0.6) is 0 Å². The van der Waals surface area contributed by atoms with Gasteiger partial charge in [0, 0.05) is 24.5 Å². The number of aliphatic hydroxyl groups is 1. The lowest BCUT2D eigenvalue weighted by Crippen LogP contribution is -2.29. The van der Waals surface area contributed by atoms with Crippen LogP contribution in [0.25, 0.3) is 0 Å². The van der Waals surface area contributed by atoms with Crippen molar-refractivity contribution in [1.29, 1.82) is 0 Å². The quantitative estimate of drug-likeness (QED) is 0.685. The zero-order valence-electron chi connectivity index (χ0n) is 9.33. The fraction of sp³-hybridized carbons (Fsp3) is 0.500.